The SMILES string of the molecule is Nc1nc(Nc2ccc3c(c2)CCCN(C2CCCC2)CC3)nn1-c1ncnc2ccc(F)cc12. The molecule has 35 heavy (non-hydrogen) atoms. The highest BCUT2D eigenvalue weighted by Crippen LogP contribution is 2.28. The Morgan fingerprint density at radius 3 is 2.71 bits per heavy atom. The zero-order valence-corrected chi connectivity index (χ0v) is 19.6. The average Bonchev–Trinajstić information content (AvgIpc) is 3.50. The summed E-state index contributed by atoms with van der Waals surface area (Å²) in [5, 5.41) is 8.30. The molecule has 9 heteroatoms. The molecule has 4 aromatic rings. The van der Waals surface area contributed by atoms with Crippen LogP contribution in [0.25, 0.3) is 16.7 Å². The van der Waals surface area contributed by atoms with E-state index in [1.54, 1.807) is 6.07 Å². The zero-order valence-electron chi connectivity index (χ0n) is 19.6. The van der Waals surface area contributed by atoms with Crippen molar-refractivity contribution in [2.45, 2.75) is 51.0 Å². The average molecular weight is 473 g/mol. The number of halogens is 1. The highest BCUT2D eigenvalue weighted by Gasteiger charge is 2.23. The van der Waals surface area contributed by atoms with E-state index in [9.17, 15) is 4.39 Å². The Kier molecular flexibility index (Phi) is 5.77. The molecule has 2 aromatic carbocycles. The van der Waals surface area contributed by atoms with Gasteiger partial charge in [0.25, 0.3) is 0 Å². The number of nitrogens with two attached hydrogens (primary N) is 1. The summed E-state index contributed by atoms with van der Waals surface area (Å²) >= 11 is 0. The van der Waals surface area contributed by atoms with Crippen molar-refractivity contribution in [2.24, 2.45) is 0 Å². The summed E-state index contributed by atoms with van der Waals surface area (Å²) in [4.78, 5) is 15.6. The van der Waals surface area contributed by atoms with E-state index < -0.39 is 0 Å². The summed E-state index contributed by atoms with van der Waals surface area (Å²) < 4.78 is 15.3. The number of aryl methyl sites for hydroxylation is 1. The molecular weight excluding hydrogens is 443 g/mol. The lowest BCUT2D eigenvalue weighted by molar-refractivity contribution is 0.195. The third-order valence-electron chi connectivity index (χ3n) is 7.27. The molecule has 0 spiro atoms. The van der Waals surface area contributed by atoms with Crippen molar-refractivity contribution in [1.82, 2.24) is 29.6 Å². The van der Waals surface area contributed by atoms with Gasteiger partial charge in [-0.1, -0.05) is 18.9 Å². The minimum atomic E-state index is -0.377. The Hall–Kier alpha value is -3.59. The van der Waals surface area contributed by atoms with Crippen molar-refractivity contribution in [2.75, 3.05) is 24.1 Å². The Morgan fingerprint density at radius 2 is 1.83 bits per heavy atom. The fourth-order valence-electron chi connectivity index (χ4n) is 5.51. The molecule has 1 fully saturated rings. The fourth-order valence-corrected chi connectivity index (χ4v) is 5.51. The molecule has 3 N–H and O–H groups in total. The first kappa shape index (κ1) is 21.9. The van der Waals surface area contributed by atoms with Crippen LogP contribution in [0.5, 0.6) is 0 Å². The number of anilines is 3. The van der Waals surface area contributed by atoms with Gasteiger partial charge in [-0.05, 0) is 80.1 Å². The van der Waals surface area contributed by atoms with E-state index in [0.29, 0.717) is 22.7 Å². The quantitative estimate of drug-likeness (QED) is 0.454. The monoisotopic (exact) mass is 472 g/mol. The normalized spacial score (nSPS) is 17.3. The Morgan fingerprint density at radius 1 is 0.943 bits per heavy atom. The van der Waals surface area contributed by atoms with Crippen molar-refractivity contribution in [3.8, 4) is 5.82 Å². The van der Waals surface area contributed by atoms with Crippen LogP contribution in [-0.2, 0) is 12.8 Å². The van der Waals surface area contributed by atoms with Crippen LogP contribution in [0.2, 0.25) is 0 Å². The molecule has 1 aliphatic carbocycles. The van der Waals surface area contributed by atoms with E-state index >= 15 is 0 Å². The molecule has 8 nitrogen and oxygen atoms in total. The maximum absolute atomic E-state index is 13.9. The standard InChI is InChI=1S/C26H29FN8/c27-19-8-10-23-22(15-19)24(30-16-29-23)35-25(28)32-26(33-35)31-20-9-7-17-11-13-34(21-5-1-2-6-21)12-3-4-18(17)14-20/h7-10,14-16,21H,1-6,11-13H2,(H3,28,31,32,33). The van der Waals surface area contributed by atoms with Crippen LogP contribution in [0.3, 0.4) is 0 Å². The second-order valence-corrected chi connectivity index (χ2v) is 9.50. The van der Waals surface area contributed by atoms with Crippen molar-refractivity contribution in [3.05, 3.63) is 59.7 Å². The summed E-state index contributed by atoms with van der Waals surface area (Å²) in [6.07, 6.45) is 10.2. The summed E-state index contributed by atoms with van der Waals surface area (Å²) in [5.74, 6) is 0.536. The number of aromatic nitrogens is 5. The minimum Gasteiger partial charge on any atom is -0.368 e. The molecule has 0 unspecified atom stereocenters. The molecule has 180 valence electrons. The Balaban J connectivity index is 1.22. The topological polar surface area (TPSA) is 97.8 Å². The van der Waals surface area contributed by atoms with Crippen molar-refractivity contribution in [1.29, 1.82) is 0 Å². The number of nitrogens with one attached hydrogen (secondary N) is 1. The van der Waals surface area contributed by atoms with Gasteiger partial charge in [0.15, 0.2) is 5.82 Å². The maximum atomic E-state index is 13.9. The molecule has 0 radical (unpaired) electrons. The van der Waals surface area contributed by atoms with Gasteiger partial charge < -0.3 is 16.0 Å². The minimum absolute atomic E-state index is 0.162. The van der Waals surface area contributed by atoms with Gasteiger partial charge in [-0.2, -0.15) is 9.67 Å². The largest absolute Gasteiger partial charge is 0.368 e. The first-order valence-corrected chi connectivity index (χ1v) is 12.4. The number of benzene rings is 2. The molecule has 0 atom stereocenters. The summed E-state index contributed by atoms with van der Waals surface area (Å²) in [6, 6.07) is 11.6. The highest BCUT2D eigenvalue weighted by molar-refractivity contribution is 5.85. The van der Waals surface area contributed by atoms with Gasteiger partial charge in [-0.25, -0.2) is 14.4 Å². The third kappa shape index (κ3) is 4.43. The molecule has 0 saturated heterocycles. The lowest BCUT2D eigenvalue weighted by Gasteiger charge is -2.31. The lowest BCUT2D eigenvalue weighted by atomic mass is 9.96. The van der Waals surface area contributed by atoms with Crippen molar-refractivity contribution in [3.63, 3.8) is 0 Å². The Bertz CT molecular complexity index is 1360. The van der Waals surface area contributed by atoms with Crippen LogP contribution in [0, 0.1) is 5.82 Å². The van der Waals surface area contributed by atoms with E-state index in [-0.39, 0.29) is 11.8 Å². The third-order valence-corrected chi connectivity index (χ3v) is 7.27. The molecule has 6 rings (SSSR count). The summed E-state index contributed by atoms with van der Waals surface area (Å²) in [7, 11) is 0. The molecule has 1 saturated carbocycles. The number of nitrogens with zero attached hydrogens (tertiary/aromatic N) is 6. The maximum Gasteiger partial charge on any atom is 0.248 e. The van der Waals surface area contributed by atoms with Crippen LogP contribution >= 0.6 is 0 Å². The van der Waals surface area contributed by atoms with E-state index in [2.05, 4.69) is 48.5 Å². The lowest BCUT2D eigenvalue weighted by Crippen LogP contribution is -2.37. The molecule has 2 aliphatic rings. The van der Waals surface area contributed by atoms with Gasteiger partial charge in [0, 0.05) is 23.7 Å². The van der Waals surface area contributed by atoms with Crippen LogP contribution in [0.1, 0.15) is 43.2 Å². The van der Waals surface area contributed by atoms with Gasteiger partial charge in [0.05, 0.1) is 5.52 Å². The van der Waals surface area contributed by atoms with Crippen LogP contribution in [-0.4, -0.2) is 48.8 Å². The number of fused-ring (bicyclic) bond motifs is 2. The fraction of sp³-hybridized carbons (Fsp3) is 0.385. The number of hydrogen-bond acceptors (Lipinski definition) is 7. The number of nitrogen functional groups attached to an aromatic ring is 1. The Labute approximate surface area is 203 Å². The van der Waals surface area contributed by atoms with Crippen molar-refractivity contribution < 1.29 is 4.39 Å². The smallest absolute Gasteiger partial charge is 0.248 e. The van der Waals surface area contributed by atoms with Gasteiger partial charge in [-0.3, -0.25) is 0 Å². The van der Waals surface area contributed by atoms with Gasteiger partial charge >= 0.3 is 0 Å². The van der Waals surface area contributed by atoms with E-state index in [1.807, 2.05) is 0 Å². The summed E-state index contributed by atoms with van der Waals surface area (Å²) in [5.41, 5.74) is 10.5. The van der Waals surface area contributed by atoms with E-state index in [4.69, 9.17) is 5.73 Å². The highest BCUT2D eigenvalue weighted by atomic mass is 19.1. The predicted octanol–water partition coefficient (Wildman–Crippen LogP) is 4.41. The second-order valence-electron chi connectivity index (χ2n) is 9.50. The van der Waals surface area contributed by atoms with Gasteiger partial charge in [0.1, 0.15) is 12.1 Å². The number of hydrogen-bond donors (Lipinski definition) is 2. The summed E-state index contributed by atoms with van der Waals surface area (Å²) in [6.45, 7) is 2.32. The predicted molar refractivity (Wildman–Crippen MR) is 134 cm³/mol. The van der Waals surface area contributed by atoms with Crippen LogP contribution < -0.4 is 11.1 Å². The molecule has 0 amide bonds. The van der Waals surface area contributed by atoms with Crippen LogP contribution in [0.4, 0.5) is 22.0 Å². The van der Waals surface area contributed by atoms with Crippen molar-refractivity contribution >= 4 is 28.5 Å². The van der Waals surface area contributed by atoms with Crippen LogP contribution in [0.15, 0.2) is 42.7 Å². The molecular formula is C26H29FN8. The molecule has 1 aliphatic heterocycles. The molecule has 0 bridgehead atoms. The zero-order chi connectivity index (χ0) is 23.8. The van der Waals surface area contributed by atoms with E-state index in [0.717, 1.165) is 31.1 Å². The number of rotatable bonds is 4. The first-order chi connectivity index (χ1) is 17.1. The first-order valence-electron chi connectivity index (χ1n) is 12.4. The molecule has 2 aromatic heterocycles. The molecule has 3 heterocycles. The van der Waals surface area contributed by atoms with E-state index in [1.165, 1.54) is 72.9 Å². The second kappa shape index (κ2) is 9.22. The van der Waals surface area contributed by atoms with Gasteiger partial charge in [0.2, 0.25) is 11.9 Å². The van der Waals surface area contributed by atoms with Gasteiger partial charge in [-0.15, -0.1) is 5.10 Å².